The van der Waals surface area contributed by atoms with Gasteiger partial charge in [0, 0.05) is 24.4 Å². The van der Waals surface area contributed by atoms with Gasteiger partial charge in [0.05, 0.1) is 23.3 Å². The predicted molar refractivity (Wildman–Crippen MR) is 113 cm³/mol. The number of nitrogens with zero attached hydrogens (tertiary/aromatic N) is 1. The fourth-order valence-corrected chi connectivity index (χ4v) is 2.63. The number of hydrogen-bond donors (Lipinski definition) is 2. The van der Waals surface area contributed by atoms with Gasteiger partial charge in [-0.1, -0.05) is 25.5 Å². The number of unbranched alkanes of at least 4 members (excludes halogenated alkanes) is 1. The Labute approximate surface area is 174 Å². The van der Waals surface area contributed by atoms with Gasteiger partial charge in [0.15, 0.2) is 6.10 Å². The van der Waals surface area contributed by atoms with Crippen molar-refractivity contribution in [2.75, 3.05) is 24.3 Å². The number of nitrogens with one attached hydrogen (secondary N) is 2. The first-order valence-electron chi connectivity index (χ1n) is 9.54. The van der Waals surface area contributed by atoms with Crippen LogP contribution in [0.15, 0.2) is 42.5 Å². The third kappa shape index (κ3) is 5.94. The zero-order valence-electron chi connectivity index (χ0n) is 17.1. The zero-order chi connectivity index (χ0) is 22.1. The molecule has 0 heterocycles. The van der Waals surface area contributed by atoms with Crippen molar-refractivity contribution in [3.8, 4) is 5.75 Å². The number of para-hydroxylation sites is 1. The van der Waals surface area contributed by atoms with Crippen molar-refractivity contribution in [3.05, 3.63) is 58.1 Å². The zero-order valence-corrected chi connectivity index (χ0v) is 17.1. The van der Waals surface area contributed by atoms with Gasteiger partial charge in [-0.2, -0.15) is 0 Å². The Kier molecular flexibility index (Phi) is 8.16. The number of esters is 1. The summed E-state index contributed by atoms with van der Waals surface area (Å²) in [5.41, 5.74) is 0.856. The van der Waals surface area contributed by atoms with Gasteiger partial charge in [0.2, 0.25) is 0 Å². The molecule has 1 atom stereocenters. The van der Waals surface area contributed by atoms with E-state index in [2.05, 4.69) is 17.6 Å². The molecule has 0 aliphatic rings. The number of carbonyl (C=O) groups excluding carboxylic acids is 2. The molecule has 0 saturated carbocycles. The monoisotopic (exact) mass is 415 g/mol. The lowest BCUT2D eigenvalue weighted by atomic mass is 10.1. The molecule has 1 amide bonds. The molecular weight excluding hydrogens is 390 g/mol. The molecule has 9 heteroatoms. The second-order valence-corrected chi connectivity index (χ2v) is 6.50. The smallest absolute Gasteiger partial charge is 0.341 e. The summed E-state index contributed by atoms with van der Waals surface area (Å²) in [5.74, 6) is -1.04. The van der Waals surface area contributed by atoms with Crippen molar-refractivity contribution >= 4 is 28.9 Å². The Bertz CT molecular complexity index is 915. The molecule has 1 unspecified atom stereocenters. The van der Waals surface area contributed by atoms with Crippen molar-refractivity contribution in [2.45, 2.75) is 32.8 Å². The minimum atomic E-state index is -1.13. The number of nitro benzene ring substituents is 1. The maximum atomic E-state index is 12.6. The highest BCUT2D eigenvalue weighted by atomic mass is 16.6. The topological polar surface area (TPSA) is 120 Å². The van der Waals surface area contributed by atoms with Crippen molar-refractivity contribution in [1.29, 1.82) is 0 Å². The molecule has 0 aliphatic carbocycles. The number of carbonyl (C=O) groups is 2. The van der Waals surface area contributed by atoms with Gasteiger partial charge in [-0.15, -0.1) is 0 Å². The highest BCUT2D eigenvalue weighted by Crippen LogP contribution is 2.29. The number of nitro groups is 1. The summed E-state index contributed by atoms with van der Waals surface area (Å²) in [6, 6.07) is 10.7. The Morgan fingerprint density at radius 1 is 1.17 bits per heavy atom. The van der Waals surface area contributed by atoms with E-state index in [1.165, 1.54) is 32.2 Å². The molecule has 0 bridgehead atoms. The molecule has 30 heavy (non-hydrogen) atoms. The third-order valence-corrected chi connectivity index (χ3v) is 4.30. The van der Waals surface area contributed by atoms with Crippen molar-refractivity contribution in [2.24, 2.45) is 0 Å². The van der Waals surface area contributed by atoms with Crippen molar-refractivity contribution in [3.63, 3.8) is 0 Å². The number of non-ortho nitro benzene ring substituents is 1. The molecule has 0 spiro atoms. The van der Waals surface area contributed by atoms with Gasteiger partial charge >= 0.3 is 5.97 Å². The Hall–Kier alpha value is -3.62. The van der Waals surface area contributed by atoms with E-state index in [9.17, 15) is 19.7 Å². The van der Waals surface area contributed by atoms with Crippen LogP contribution in [-0.2, 0) is 9.53 Å². The van der Waals surface area contributed by atoms with E-state index in [4.69, 9.17) is 9.47 Å². The molecule has 2 N–H and O–H groups in total. The van der Waals surface area contributed by atoms with Crippen LogP contribution in [0, 0.1) is 10.1 Å². The van der Waals surface area contributed by atoms with Crippen LogP contribution in [0.3, 0.4) is 0 Å². The Morgan fingerprint density at radius 2 is 1.90 bits per heavy atom. The normalized spacial score (nSPS) is 11.3. The molecular formula is C21H25N3O6. The lowest BCUT2D eigenvalue weighted by Gasteiger charge is -2.16. The molecule has 2 aromatic carbocycles. The number of benzene rings is 2. The molecule has 0 radical (unpaired) electrons. The van der Waals surface area contributed by atoms with Gasteiger partial charge in [-0.3, -0.25) is 14.9 Å². The van der Waals surface area contributed by atoms with E-state index in [0.29, 0.717) is 17.8 Å². The number of hydrogen-bond acceptors (Lipinski definition) is 7. The van der Waals surface area contributed by atoms with Crippen LogP contribution in [0.2, 0.25) is 0 Å². The molecule has 0 aromatic heterocycles. The van der Waals surface area contributed by atoms with E-state index in [-0.39, 0.29) is 17.1 Å². The highest BCUT2D eigenvalue weighted by molar-refractivity contribution is 6.00. The fourth-order valence-electron chi connectivity index (χ4n) is 2.63. The summed E-state index contributed by atoms with van der Waals surface area (Å²) in [4.78, 5) is 35.5. The van der Waals surface area contributed by atoms with Gasteiger partial charge in [0.1, 0.15) is 5.75 Å². The molecule has 2 aromatic rings. The predicted octanol–water partition coefficient (Wildman–Crippen LogP) is 4.00. The standard InChI is InChI=1S/C21H25N3O6/c1-4-5-12-22-17-9-7-6-8-16(17)21(26)30-14(2)20(25)23-18-13-15(24(27)28)10-11-19(18)29-3/h6-11,13-14,22H,4-5,12H2,1-3H3,(H,23,25). The van der Waals surface area contributed by atoms with E-state index >= 15 is 0 Å². The van der Waals surface area contributed by atoms with Gasteiger partial charge in [-0.25, -0.2) is 4.79 Å². The van der Waals surface area contributed by atoms with Crippen LogP contribution in [0.1, 0.15) is 37.0 Å². The molecule has 0 saturated heterocycles. The lowest BCUT2D eigenvalue weighted by Crippen LogP contribution is -2.30. The van der Waals surface area contributed by atoms with Gasteiger partial charge in [0.25, 0.3) is 11.6 Å². The van der Waals surface area contributed by atoms with Crippen molar-refractivity contribution in [1.82, 2.24) is 0 Å². The van der Waals surface area contributed by atoms with Crippen LogP contribution in [0.4, 0.5) is 17.1 Å². The average molecular weight is 415 g/mol. The van der Waals surface area contributed by atoms with Gasteiger partial charge in [-0.05, 0) is 31.5 Å². The highest BCUT2D eigenvalue weighted by Gasteiger charge is 2.22. The molecule has 9 nitrogen and oxygen atoms in total. The SMILES string of the molecule is CCCCNc1ccccc1C(=O)OC(C)C(=O)Nc1cc([N+](=O)[O-])ccc1OC. The minimum Gasteiger partial charge on any atom is -0.495 e. The third-order valence-electron chi connectivity index (χ3n) is 4.30. The summed E-state index contributed by atoms with van der Waals surface area (Å²) in [5, 5.41) is 16.7. The summed E-state index contributed by atoms with van der Waals surface area (Å²) >= 11 is 0. The first-order chi connectivity index (χ1) is 14.4. The van der Waals surface area contributed by atoms with E-state index < -0.39 is 22.9 Å². The van der Waals surface area contributed by atoms with E-state index in [0.717, 1.165) is 12.8 Å². The van der Waals surface area contributed by atoms with Crippen molar-refractivity contribution < 1.29 is 24.0 Å². The van der Waals surface area contributed by atoms with Crippen LogP contribution >= 0.6 is 0 Å². The largest absolute Gasteiger partial charge is 0.495 e. The molecule has 2 rings (SSSR count). The summed E-state index contributed by atoms with van der Waals surface area (Å²) in [6.07, 6.45) is 0.829. The van der Waals surface area contributed by atoms with Gasteiger partial charge < -0.3 is 20.1 Å². The summed E-state index contributed by atoms with van der Waals surface area (Å²) in [6.45, 7) is 4.20. The average Bonchev–Trinajstić information content (AvgIpc) is 2.74. The fraction of sp³-hybridized carbons (Fsp3) is 0.333. The Morgan fingerprint density at radius 3 is 2.57 bits per heavy atom. The minimum absolute atomic E-state index is 0.112. The number of rotatable bonds is 10. The lowest BCUT2D eigenvalue weighted by molar-refractivity contribution is -0.384. The maximum absolute atomic E-state index is 12.6. The molecule has 0 aliphatic heterocycles. The summed E-state index contributed by atoms with van der Waals surface area (Å²) < 4.78 is 10.4. The van der Waals surface area contributed by atoms with E-state index in [1.54, 1.807) is 24.3 Å². The first kappa shape index (κ1) is 22.7. The number of anilines is 2. The molecule has 0 fully saturated rings. The molecule has 160 valence electrons. The number of amides is 1. The second kappa shape index (κ2) is 10.8. The maximum Gasteiger partial charge on any atom is 0.341 e. The van der Waals surface area contributed by atoms with Crippen LogP contribution in [-0.4, -0.2) is 36.6 Å². The first-order valence-corrected chi connectivity index (χ1v) is 9.54. The summed E-state index contributed by atoms with van der Waals surface area (Å²) in [7, 11) is 1.38. The van der Waals surface area contributed by atoms with E-state index in [1.807, 2.05) is 0 Å². The number of ether oxygens (including phenoxy) is 2. The quantitative estimate of drug-likeness (QED) is 0.260. The van der Waals surface area contributed by atoms with Crippen LogP contribution < -0.4 is 15.4 Å². The number of methoxy groups -OCH3 is 1. The second-order valence-electron chi connectivity index (χ2n) is 6.50. The Balaban J connectivity index is 2.09. The van der Waals surface area contributed by atoms with Crippen LogP contribution in [0.25, 0.3) is 0 Å². The van der Waals surface area contributed by atoms with Crippen LogP contribution in [0.5, 0.6) is 5.75 Å².